The maximum atomic E-state index is 13.6. The molecule has 0 aromatic heterocycles. The van der Waals surface area contributed by atoms with Crippen molar-refractivity contribution in [3.8, 4) is 5.75 Å². The molecular weight excluding hydrogens is 219 g/mol. The Morgan fingerprint density at radius 1 is 1.47 bits per heavy atom. The van der Waals surface area contributed by atoms with E-state index < -0.39 is 0 Å². The summed E-state index contributed by atoms with van der Waals surface area (Å²) in [6.45, 7) is 5.81. The number of anilines is 1. The second-order valence-electron chi connectivity index (χ2n) is 4.27. The molecule has 0 heterocycles. The predicted molar refractivity (Wildman–Crippen MR) is 69.1 cm³/mol. The second-order valence-corrected chi connectivity index (χ2v) is 4.27. The van der Waals surface area contributed by atoms with E-state index in [4.69, 9.17) is 10.5 Å². The number of ether oxygens (including phenoxy) is 1. The summed E-state index contributed by atoms with van der Waals surface area (Å²) in [6.07, 6.45) is 0. The Bertz CT molecular complexity index is 357. The normalized spacial score (nSPS) is 12.3. The van der Waals surface area contributed by atoms with Crippen LogP contribution in [0.25, 0.3) is 0 Å². The fourth-order valence-electron chi connectivity index (χ4n) is 1.65. The molecule has 4 heteroatoms. The molecule has 0 aliphatic carbocycles. The molecular formula is C13H21FN2O. The van der Waals surface area contributed by atoms with Crippen molar-refractivity contribution in [2.45, 2.75) is 13.8 Å². The third kappa shape index (κ3) is 3.89. The first-order chi connectivity index (χ1) is 8.08. The summed E-state index contributed by atoms with van der Waals surface area (Å²) >= 11 is 0. The van der Waals surface area contributed by atoms with Crippen LogP contribution in [0.4, 0.5) is 10.1 Å². The van der Waals surface area contributed by atoms with Gasteiger partial charge in [0, 0.05) is 25.3 Å². The van der Waals surface area contributed by atoms with Gasteiger partial charge in [0.2, 0.25) is 0 Å². The van der Waals surface area contributed by atoms with Crippen LogP contribution in [0.3, 0.4) is 0 Å². The summed E-state index contributed by atoms with van der Waals surface area (Å²) in [5.74, 6) is 0.364. The standard InChI is InChI=1S/C13H21FN2O/c1-4-17-13-6-5-11(7-12(13)14)16(3)9-10(2)8-15/h5-7,10H,4,8-9,15H2,1-3H3. The van der Waals surface area contributed by atoms with Gasteiger partial charge in [0.25, 0.3) is 0 Å². The molecule has 1 unspecified atom stereocenters. The first-order valence-corrected chi connectivity index (χ1v) is 5.92. The van der Waals surface area contributed by atoms with Gasteiger partial charge in [0.1, 0.15) is 0 Å². The van der Waals surface area contributed by atoms with E-state index in [1.807, 2.05) is 24.9 Å². The van der Waals surface area contributed by atoms with Crippen molar-refractivity contribution in [1.82, 2.24) is 0 Å². The lowest BCUT2D eigenvalue weighted by Crippen LogP contribution is -2.28. The van der Waals surface area contributed by atoms with Crippen LogP contribution in [0.1, 0.15) is 13.8 Å². The highest BCUT2D eigenvalue weighted by molar-refractivity contribution is 5.49. The van der Waals surface area contributed by atoms with E-state index in [9.17, 15) is 4.39 Å². The van der Waals surface area contributed by atoms with E-state index in [2.05, 4.69) is 6.92 Å². The summed E-state index contributed by atoms with van der Waals surface area (Å²) in [6, 6.07) is 5.02. The monoisotopic (exact) mass is 240 g/mol. The lowest BCUT2D eigenvalue weighted by molar-refractivity contribution is 0.321. The molecule has 1 rings (SSSR count). The first-order valence-electron chi connectivity index (χ1n) is 5.92. The molecule has 2 N–H and O–H groups in total. The molecule has 0 saturated carbocycles. The van der Waals surface area contributed by atoms with Gasteiger partial charge in [-0.2, -0.15) is 0 Å². The van der Waals surface area contributed by atoms with Crippen molar-refractivity contribution < 1.29 is 9.13 Å². The van der Waals surface area contributed by atoms with E-state index in [1.54, 1.807) is 6.07 Å². The van der Waals surface area contributed by atoms with Crippen molar-refractivity contribution >= 4 is 5.69 Å². The van der Waals surface area contributed by atoms with Crippen molar-refractivity contribution in [1.29, 1.82) is 0 Å². The Morgan fingerprint density at radius 3 is 2.71 bits per heavy atom. The summed E-state index contributed by atoms with van der Waals surface area (Å²) in [5.41, 5.74) is 6.41. The Morgan fingerprint density at radius 2 is 2.18 bits per heavy atom. The highest BCUT2D eigenvalue weighted by Gasteiger charge is 2.09. The minimum Gasteiger partial charge on any atom is -0.491 e. The van der Waals surface area contributed by atoms with Gasteiger partial charge in [0.05, 0.1) is 6.61 Å². The molecule has 1 atom stereocenters. The molecule has 1 aromatic carbocycles. The van der Waals surface area contributed by atoms with Gasteiger partial charge in [-0.1, -0.05) is 6.92 Å². The molecule has 96 valence electrons. The Balaban J connectivity index is 2.75. The van der Waals surface area contributed by atoms with Crippen molar-refractivity contribution in [3.05, 3.63) is 24.0 Å². The van der Waals surface area contributed by atoms with Crippen molar-refractivity contribution in [2.75, 3.05) is 31.6 Å². The van der Waals surface area contributed by atoms with Crippen LogP contribution in [0.5, 0.6) is 5.75 Å². The van der Waals surface area contributed by atoms with E-state index in [0.717, 1.165) is 12.2 Å². The molecule has 0 spiro atoms. The average molecular weight is 240 g/mol. The number of hydrogen-bond donors (Lipinski definition) is 1. The van der Waals surface area contributed by atoms with Crippen LogP contribution in [0, 0.1) is 11.7 Å². The number of halogens is 1. The fourth-order valence-corrected chi connectivity index (χ4v) is 1.65. The molecule has 17 heavy (non-hydrogen) atoms. The fraction of sp³-hybridized carbons (Fsp3) is 0.538. The van der Waals surface area contributed by atoms with Crippen LogP contribution < -0.4 is 15.4 Å². The zero-order chi connectivity index (χ0) is 12.8. The summed E-state index contributed by atoms with van der Waals surface area (Å²) in [4.78, 5) is 2.00. The number of nitrogens with two attached hydrogens (primary N) is 1. The number of benzene rings is 1. The zero-order valence-corrected chi connectivity index (χ0v) is 10.7. The molecule has 1 aromatic rings. The number of hydrogen-bond acceptors (Lipinski definition) is 3. The topological polar surface area (TPSA) is 38.5 Å². The second kappa shape index (κ2) is 6.45. The van der Waals surface area contributed by atoms with Gasteiger partial charge < -0.3 is 15.4 Å². The largest absolute Gasteiger partial charge is 0.491 e. The number of rotatable bonds is 6. The van der Waals surface area contributed by atoms with E-state index >= 15 is 0 Å². The van der Waals surface area contributed by atoms with Crippen LogP contribution in [-0.4, -0.2) is 26.7 Å². The zero-order valence-electron chi connectivity index (χ0n) is 10.7. The Labute approximate surface area is 102 Å². The SMILES string of the molecule is CCOc1ccc(N(C)CC(C)CN)cc1F. The molecule has 0 fully saturated rings. The van der Waals surface area contributed by atoms with Gasteiger partial charge in [-0.05, 0) is 31.5 Å². The van der Waals surface area contributed by atoms with Crippen LogP contribution in [0.2, 0.25) is 0 Å². The predicted octanol–water partition coefficient (Wildman–Crippen LogP) is 2.26. The van der Waals surface area contributed by atoms with Crippen molar-refractivity contribution in [2.24, 2.45) is 11.7 Å². The first kappa shape index (κ1) is 13.8. The minimum absolute atomic E-state index is 0.302. The van der Waals surface area contributed by atoms with E-state index in [1.165, 1.54) is 6.07 Å². The van der Waals surface area contributed by atoms with Gasteiger partial charge in [-0.15, -0.1) is 0 Å². The Kier molecular flexibility index (Phi) is 5.22. The smallest absolute Gasteiger partial charge is 0.167 e. The quantitative estimate of drug-likeness (QED) is 0.829. The summed E-state index contributed by atoms with van der Waals surface area (Å²) in [5, 5.41) is 0. The van der Waals surface area contributed by atoms with Gasteiger partial charge in [-0.25, -0.2) is 4.39 Å². The lowest BCUT2D eigenvalue weighted by Gasteiger charge is -2.23. The average Bonchev–Trinajstić information content (AvgIpc) is 2.31. The number of nitrogens with zero attached hydrogens (tertiary/aromatic N) is 1. The maximum absolute atomic E-state index is 13.6. The third-order valence-corrected chi connectivity index (χ3v) is 2.64. The molecule has 0 saturated heterocycles. The van der Waals surface area contributed by atoms with Gasteiger partial charge >= 0.3 is 0 Å². The molecule has 0 aliphatic heterocycles. The van der Waals surface area contributed by atoms with Crippen molar-refractivity contribution in [3.63, 3.8) is 0 Å². The highest BCUT2D eigenvalue weighted by atomic mass is 19.1. The molecule has 3 nitrogen and oxygen atoms in total. The van der Waals surface area contributed by atoms with E-state index in [0.29, 0.717) is 24.8 Å². The van der Waals surface area contributed by atoms with Gasteiger partial charge in [0.15, 0.2) is 11.6 Å². The summed E-state index contributed by atoms with van der Waals surface area (Å²) < 4.78 is 18.8. The molecule has 0 bridgehead atoms. The molecule has 0 radical (unpaired) electrons. The van der Waals surface area contributed by atoms with Crippen LogP contribution in [0.15, 0.2) is 18.2 Å². The third-order valence-electron chi connectivity index (χ3n) is 2.64. The summed E-state index contributed by atoms with van der Waals surface area (Å²) in [7, 11) is 1.93. The maximum Gasteiger partial charge on any atom is 0.167 e. The minimum atomic E-state index is -0.323. The lowest BCUT2D eigenvalue weighted by atomic mass is 10.1. The molecule has 0 aliphatic rings. The highest BCUT2D eigenvalue weighted by Crippen LogP contribution is 2.23. The van der Waals surface area contributed by atoms with Crippen LogP contribution >= 0.6 is 0 Å². The molecule has 0 amide bonds. The van der Waals surface area contributed by atoms with E-state index in [-0.39, 0.29) is 5.82 Å². The van der Waals surface area contributed by atoms with Gasteiger partial charge in [-0.3, -0.25) is 0 Å². The van der Waals surface area contributed by atoms with Crippen LogP contribution in [-0.2, 0) is 0 Å². The Hall–Kier alpha value is -1.29.